The molecule has 0 fully saturated rings. The van der Waals surface area contributed by atoms with E-state index in [1.54, 1.807) is 6.07 Å². The van der Waals surface area contributed by atoms with Crippen LogP contribution in [-0.4, -0.2) is 20.1 Å². The van der Waals surface area contributed by atoms with Crippen molar-refractivity contribution in [2.75, 3.05) is 0 Å². The Labute approximate surface area is 141 Å². The van der Waals surface area contributed by atoms with Crippen LogP contribution in [0, 0.1) is 5.82 Å². The molecule has 6 nitrogen and oxygen atoms in total. The van der Waals surface area contributed by atoms with Gasteiger partial charge in [-0.1, -0.05) is 29.1 Å². The van der Waals surface area contributed by atoms with Crippen LogP contribution in [0.5, 0.6) is 0 Å². The van der Waals surface area contributed by atoms with Gasteiger partial charge in [-0.3, -0.25) is 4.79 Å². The van der Waals surface area contributed by atoms with Gasteiger partial charge in [-0.2, -0.15) is 18.2 Å². The van der Waals surface area contributed by atoms with Crippen LogP contribution in [0.15, 0.2) is 44.8 Å². The number of halogens is 4. The van der Waals surface area contributed by atoms with E-state index in [9.17, 15) is 22.4 Å². The van der Waals surface area contributed by atoms with E-state index in [2.05, 4.69) is 20.1 Å². The lowest BCUT2D eigenvalue weighted by atomic mass is 10.2. The third-order valence-electron chi connectivity index (χ3n) is 2.89. The molecule has 3 rings (SSSR count). The SMILES string of the molecule is O=c1cc(C(F)(F)F)nc(SCc2nc(-c3cccc(F)c3)no2)[nH]1. The number of nitrogens with one attached hydrogen (secondary N) is 1. The van der Waals surface area contributed by atoms with Crippen molar-refractivity contribution in [3.05, 3.63) is 58.1 Å². The summed E-state index contributed by atoms with van der Waals surface area (Å²) in [6.45, 7) is 0. The molecule has 3 aromatic rings. The van der Waals surface area contributed by atoms with Gasteiger partial charge in [0.1, 0.15) is 5.82 Å². The van der Waals surface area contributed by atoms with Gasteiger partial charge < -0.3 is 9.51 Å². The van der Waals surface area contributed by atoms with Gasteiger partial charge in [0.25, 0.3) is 5.56 Å². The summed E-state index contributed by atoms with van der Waals surface area (Å²) in [5.41, 5.74) is -1.81. The first-order valence-corrected chi connectivity index (χ1v) is 7.70. The maximum absolute atomic E-state index is 13.2. The van der Waals surface area contributed by atoms with E-state index in [1.807, 2.05) is 0 Å². The van der Waals surface area contributed by atoms with Crippen molar-refractivity contribution in [2.45, 2.75) is 17.1 Å². The molecule has 130 valence electrons. The van der Waals surface area contributed by atoms with Crippen LogP contribution in [-0.2, 0) is 11.9 Å². The topological polar surface area (TPSA) is 84.7 Å². The van der Waals surface area contributed by atoms with Crippen LogP contribution in [0.1, 0.15) is 11.6 Å². The second-order valence-electron chi connectivity index (χ2n) is 4.74. The molecule has 0 bridgehead atoms. The Hall–Kier alpha value is -2.69. The quantitative estimate of drug-likeness (QED) is 0.430. The summed E-state index contributed by atoms with van der Waals surface area (Å²) in [4.78, 5) is 20.8. The van der Waals surface area contributed by atoms with Gasteiger partial charge in [-0.15, -0.1) is 0 Å². The summed E-state index contributed by atoms with van der Waals surface area (Å²) in [5, 5.41) is 3.44. The molecule has 25 heavy (non-hydrogen) atoms. The third kappa shape index (κ3) is 4.24. The minimum Gasteiger partial charge on any atom is -0.338 e. The summed E-state index contributed by atoms with van der Waals surface area (Å²) >= 11 is 0.793. The summed E-state index contributed by atoms with van der Waals surface area (Å²) < 4.78 is 56.1. The Morgan fingerprint density at radius 3 is 2.72 bits per heavy atom. The second-order valence-corrected chi connectivity index (χ2v) is 5.71. The molecule has 2 heterocycles. The number of alkyl halides is 3. The number of benzene rings is 1. The summed E-state index contributed by atoms with van der Waals surface area (Å²) in [7, 11) is 0. The smallest absolute Gasteiger partial charge is 0.338 e. The van der Waals surface area contributed by atoms with Gasteiger partial charge in [-0.05, 0) is 12.1 Å². The number of aromatic nitrogens is 4. The zero-order chi connectivity index (χ0) is 18.0. The molecule has 0 unspecified atom stereocenters. The van der Waals surface area contributed by atoms with Crippen molar-refractivity contribution in [2.24, 2.45) is 0 Å². The van der Waals surface area contributed by atoms with Gasteiger partial charge in [-0.25, -0.2) is 9.37 Å². The lowest BCUT2D eigenvalue weighted by molar-refractivity contribution is -0.141. The molecule has 0 aliphatic rings. The third-order valence-corrected chi connectivity index (χ3v) is 3.75. The Bertz CT molecular complexity index is 954. The lowest BCUT2D eigenvalue weighted by Crippen LogP contribution is -2.16. The number of H-pyrrole nitrogens is 1. The molecule has 1 N–H and O–H groups in total. The Morgan fingerprint density at radius 2 is 2.00 bits per heavy atom. The van der Waals surface area contributed by atoms with Crippen LogP contribution >= 0.6 is 11.8 Å². The van der Waals surface area contributed by atoms with Gasteiger partial charge in [0.2, 0.25) is 11.7 Å². The Balaban J connectivity index is 1.75. The number of thioether (sulfide) groups is 1. The number of aromatic amines is 1. The summed E-state index contributed by atoms with van der Waals surface area (Å²) in [5.74, 6) is -0.263. The number of hydrogen-bond acceptors (Lipinski definition) is 6. The van der Waals surface area contributed by atoms with Gasteiger partial charge in [0.15, 0.2) is 10.9 Å². The molecular formula is C14H8F4N4O2S. The zero-order valence-corrected chi connectivity index (χ0v) is 13.0. The van der Waals surface area contributed by atoms with Crippen molar-refractivity contribution >= 4 is 11.8 Å². The fourth-order valence-electron chi connectivity index (χ4n) is 1.84. The molecule has 0 aliphatic heterocycles. The first-order chi connectivity index (χ1) is 11.8. The lowest BCUT2D eigenvalue weighted by Gasteiger charge is -2.06. The molecule has 0 amide bonds. The number of rotatable bonds is 4. The highest BCUT2D eigenvalue weighted by atomic mass is 32.2. The number of hydrogen-bond donors (Lipinski definition) is 1. The van der Waals surface area contributed by atoms with Gasteiger partial charge in [0.05, 0.1) is 5.75 Å². The van der Waals surface area contributed by atoms with Crippen LogP contribution in [0.4, 0.5) is 17.6 Å². The molecule has 0 aliphatic carbocycles. The molecule has 0 atom stereocenters. The monoisotopic (exact) mass is 372 g/mol. The fourth-order valence-corrected chi connectivity index (χ4v) is 2.55. The van der Waals surface area contributed by atoms with E-state index in [0.29, 0.717) is 11.6 Å². The molecule has 11 heteroatoms. The van der Waals surface area contributed by atoms with Crippen LogP contribution in [0.25, 0.3) is 11.4 Å². The van der Waals surface area contributed by atoms with Crippen molar-refractivity contribution in [1.82, 2.24) is 20.1 Å². The minimum atomic E-state index is -4.72. The van der Waals surface area contributed by atoms with Crippen LogP contribution in [0.2, 0.25) is 0 Å². The van der Waals surface area contributed by atoms with Crippen molar-refractivity contribution < 1.29 is 22.1 Å². The van der Waals surface area contributed by atoms with Crippen LogP contribution in [0.3, 0.4) is 0 Å². The molecule has 1 aromatic carbocycles. The maximum Gasteiger partial charge on any atom is 0.433 e. The molecule has 0 radical (unpaired) electrons. The summed E-state index contributed by atoms with van der Waals surface area (Å²) in [6.07, 6.45) is -4.72. The maximum atomic E-state index is 13.2. The molecule has 0 saturated heterocycles. The fraction of sp³-hybridized carbons (Fsp3) is 0.143. The van der Waals surface area contributed by atoms with E-state index < -0.39 is 23.2 Å². The Morgan fingerprint density at radius 1 is 1.20 bits per heavy atom. The van der Waals surface area contributed by atoms with E-state index in [4.69, 9.17) is 4.52 Å². The van der Waals surface area contributed by atoms with E-state index >= 15 is 0 Å². The van der Waals surface area contributed by atoms with Crippen molar-refractivity contribution in [3.63, 3.8) is 0 Å². The Kier molecular flexibility index (Phi) is 4.57. The van der Waals surface area contributed by atoms with Gasteiger partial charge >= 0.3 is 6.18 Å². The normalized spacial score (nSPS) is 11.7. The van der Waals surface area contributed by atoms with Crippen molar-refractivity contribution in [1.29, 1.82) is 0 Å². The first kappa shape index (κ1) is 17.1. The van der Waals surface area contributed by atoms with E-state index in [-0.39, 0.29) is 22.6 Å². The minimum absolute atomic E-state index is 0.0213. The predicted molar refractivity (Wildman–Crippen MR) is 79.1 cm³/mol. The standard InChI is InChI=1S/C14H8F4N4O2S/c15-8-3-1-2-7(4-8)12-21-11(24-22-12)6-25-13-19-9(14(16,17)18)5-10(23)20-13/h1-5H,6H2,(H,19,20,23). The van der Waals surface area contributed by atoms with Crippen LogP contribution < -0.4 is 5.56 Å². The highest BCUT2D eigenvalue weighted by Crippen LogP contribution is 2.28. The average Bonchev–Trinajstić information content (AvgIpc) is 3.01. The molecular weight excluding hydrogens is 364 g/mol. The second kappa shape index (κ2) is 6.67. The molecule has 0 spiro atoms. The highest BCUT2D eigenvalue weighted by molar-refractivity contribution is 7.98. The largest absolute Gasteiger partial charge is 0.433 e. The average molecular weight is 372 g/mol. The molecule has 2 aromatic heterocycles. The molecule has 0 saturated carbocycles. The zero-order valence-electron chi connectivity index (χ0n) is 12.2. The predicted octanol–water partition coefficient (Wildman–Crippen LogP) is 3.27. The van der Waals surface area contributed by atoms with E-state index in [1.165, 1.54) is 18.2 Å². The number of nitrogens with zero attached hydrogens (tertiary/aromatic N) is 3. The van der Waals surface area contributed by atoms with E-state index in [0.717, 1.165) is 11.8 Å². The highest BCUT2D eigenvalue weighted by Gasteiger charge is 2.33. The first-order valence-electron chi connectivity index (χ1n) is 6.71. The summed E-state index contributed by atoms with van der Waals surface area (Å²) in [6, 6.07) is 5.91. The van der Waals surface area contributed by atoms with Crippen molar-refractivity contribution in [3.8, 4) is 11.4 Å². The van der Waals surface area contributed by atoms with Gasteiger partial charge in [0, 0.05) is 11.6 Å².